The summed E-state index contributed by atoms with van der Waals surface area (Å²) in [4.78, 5) is 27.3. The molecule has 2 aromatic carbocycles. The van der Waals surface area contributed by atoms with Gasteiger partial charge in [0, 0.05) is 21.6 Å². The molecule has 128 valence electrons. The number of nitrogens with one attached hydrogen (secondary N) is 2. The van der Waals surface area contributed by atoms with E-state index in [-0.39, 0.29) is 16.9 Å². The quantitative estimate of drug-likeness (QED) is 0.648. The molecule has 0 saturated carbocycles. The molecule has 0 aliphatic rings. The first-order chi connectivity index (χ1) is 11.7. The summed E-state index contributed by atoms with van der Waals surface area (Å²) < 4.78 is 0.839. The highest BCUT2D eigenvalue weighted by Crippen LogP contribution is 2.24. The molecule has 0 saturated heterocycles. The highest BCUT2D eigenvalue weighted by atomic mass is 79.9. The Balaban J connectivity index is 1.94. The summed E-state index contributed by atoms with van der Waals surface area (Å²) in [5, 5.41) is 3.57. The number of hydrogen-bond acceptors (Lipinski definition) is 2. The van der Waals surface area contributed by atoms with Crippen LogP contribution in [0.1, 0.15) is 36.7 Å². The second-order valence-electron chi connectivity index (χ2n) is 7.02. The van der Waals surface area contributed by atoms with E-state index in [2.05, 4.69) is 47.0 Å². The van der Waals surface area contributed by atoms with E-state index in [4.69, 9.17) is 0 Å². The zero-order chi connectivity index (χ0) is 18.2. The van der Waals surface area contributed by atoms with E-state index in [0.717, 1.165) is 4.47 Å². The van der Waals surface area contributed by atoms with Gasteiger partial charge in [0.2, 0.25) is 5.56 Å². The van der Waals surface area contributed by atoms with E-state index in [0.29, 0.717) is 22.2 Å². The maximum Gasteiger partial charge on any atom is 0.256 e. The highest BCUT2D eigenvalue weighted by molar-refractivity contribution is 9.10. The van der Waals surface area contributed by atoms with E-state index in [9.17, 15) is 9.59 Å². The standard InChI is InChI=1S/C20H19BrN2O2/c1-20(2,3)12-4-7-14(8-5-12)22-19(25)16-11-18(24)23-17-10-13(21)6-9-15(16)17/h4-11H,1-3H3,(H,22,25)(H,23,24). The number of carbonyl (C=O) groups excluding carboxylic acids is 1. The Bertz CT molecular complexity index is 999. The van der Waals surface area contributed by atoms with Crippen LogP contribution in [-0.4, -0.2) is 10.9 Å². The predicted octanol–water partition coefficient (Wildman–Crippen LogP) is 4.84. The Hall–Kier alpha value is -2.40. The number of H-pyrrole nitrogens is 1. The van der Waals surface area contributed by atoms with Crippen molar-refractivity contribution in [1.29, 1.82) is 0 Å². The van der Waals surface area contributed by atoms with Crippen molar-refractivity contribution in [2.75, 3.05) is 5.32 Å². The van der Waals surface area contributed by atoms with Crippen molar-refractivity contribution in [3.05, 3.63) is 74.5 Å². The van der Waals surface area contributed by atoms with Gasteiger partial charge in [-0.05, 0) is 35.2 Å². The number of pyridine rings is 1. The van der Waals surface area contributed by atoms with Crippen LogP contribution in [0.3, 0.4) is 0 Å². The van der Waals surface area contributed by atoms with Crippen molar-refractivity contribution >= 4 is 38.4 Å². The molecular formula is C20H19BrN2O2. The van der Waals surface area contributed by atoms with Gasteiger partial charge in [0.05, 0.1) is 11.1 Å². The van der Waals surface area contributed by atoms with Gasteiger partial charge in [-0.3, -0.25) is 9.59 Å². The molecule has 1 aromatic heterocycles. The Morgan fingerprint density at radius 2 is 1.72 bits per heavy atom. The molecule has 0 spiro atoms. The third kappa shape index (κ3) is 3.82. The fourth-order valence-corrected chi connectivity index (χ4v) is 3.03. The fourth-order valence-electron chi connectivity index (χ4n) is 2.67. The number of carbonyl (C=O) groups is 1. The number of aromatic amines is 1. The zero-order valence-electron chi connectivity index (χ0n) is 14.3. The highest BCUT2D eigenvalue weighted by Gasteiger charge is 2.15. The number of fused-ring (bicyclic) bond motifs is 1. The average molecular weight is 399 g/mol. The predicted molar refractivity (Wildman–Crippen MR) is 105 cm³/mol. The summed E-state index contributed by atoms with van der Waals surface area (Å²) in [5.41, 5.74) is 2.61. The average Bonchev–Trinajstić information content (AvgIpc) is 2.53. The van der Waals surface area contributed by atoms with Crippen LogP contribution < -0.4 is 10.9 Å². The van der Waals surface area contributed by atoms with Crippen LogP contribution in [0.5, 0.6) is 0 Å². The molecule has 0 aliphatic heterocycles. The van der Waals surface area contributed by atoms with Gasteiger partial charge >= 0.3 is 0 Å². The number of aromatic nitrogens is 1. The van der Waals surface area contributed by atoms with E-state index < -0.39 is 0 Å². The SMILES string of the molecule is CC(C)(C)c1ccc(NC(=O)c2cc(=O)[nH]c3cc(Br)ccc23)cc1. The lowest BCUT2D eigenvalue weighted by atomic mass is 9.87. The van der Waals surface area contributed by atoms with Crippen molar-refractivity contribution in [2.24, 2.45) is 0 Å². The lowest BCUT2D eigenvalue weighted by molar-refractivity contribution is 0.102. The minimum absolute atomic E-state index is 0.0544. The molecule has 0 radical (unpaired) electrons. The number of amides is 1. The molecule has 2 N–H and O–H groups in total. The molecule has 5 heteroatoms. The molecule has 0 fully saturated rings. The number of rotatable bonds is 2. The summed E-state index contributed by atoms with van der Waals surface area (Å²) in [7, 11) is 0. The van der Waals surface area contributed by atoms with Crippen LogP contribution in [-0.2, 0) is 5.41 Å². The largest absolute Gasteiger partial charge is 0.322 e. The molecule has 3 aromatic rings. The minimum Gasteiger partial charge on any atom is -0.322 e. The molecule has 1 amide bonds. The summed E-state index contributed by atoms with van der Waals surface area (Å²) in [6, 6.07) is 14.5. The molecule has 4 nitrogen and oxygen atoms in total. The van der Waals surface area contributed by atoms with Gasteiger partial charge in [-0.2, -0.15) is 0 Å². The lowest BCUT2D eigenvalue weighted by Gasteiger charge is -2.19. The van der Waals surface area contributed by atoms with Gasteiger partial charge in [0.15, 0.2) is 0 Å². The maximum atomic E-state index is 12.7. The number of benzene rings is 2. The molecule has 25 heavy (non-hydrogen) atoms. The smallest absolute Gasteiger partial charge is 0.256 e. The third-order valence-corrected chi connectivity index (χ3v) is 4.55. The first-order valence-electron chi connectivity index (χ1n) is 7.98. The van der Waals surface area contributed by atoms with Gasteiger partial charge in [-0.15, -0.1) is 0 Å². The van der Waals surface area contributed by atoms with Crippen LogP contribution >= 0.6 is 15.9 Å². The van der Waals surface area contributed by atoms with Crippen molar-refractivity contribution in [1.82, 2.24) is 4.98 Å². The van der Waals surface area contributed by atoms with E-state index >= 15 is 0 Å². The van der Waals surface area contributed by atoms with Gasteiger partial charge in [-0.25, -0.2) is 0 Å². The Kier molecular flexibility index (Phi) is 4.52. The first kappa shape index (κ1) is 17.4. The van der Waals surface area contributed by atoms with Gasteiger partial charge in [0.1, 0.15) is 0 Å². The minimum atomic E-state index is -0.307. The normalized spacial score (nSPS) is 11.5. The number of anilines is 1. The van der Waals surface area contributed by atoms with Crippen LogP contribution in [0.15, 0.2) is 57.8 Å². The van der Waals surface area contributed by atoms with Crippen molar-refractivity contribution in [2.45, 2.75) is 26.2 Å². The van der Waals surface area contributed by atoms with E-state index in [1.54, 1.807) is 6.07 Å². The van der Waals surface area contributed by atoms with E-state index in [1.165, 1.54) is 11.6 Å². The fraction of sp³-hybridized carbons (Fsp3) is 0.200. The summed E-state index contributed by atoms with van der Waals surface area (Å²) >= 11 is 3.37. The van der Waals surface area contributed by atoms with Crippen LogP contribution in [0.4, 0.5) is 5.69 Å². The Labute approximate surface area is 154 Å². The summed E-state index contributed by atoms with van der Waals surface area (Å²) in [6.45, 7) is 6.42. The van der Waals surface area contributed by atoms with Crippen LogP contribution in [0, 0.1) is 0 Å². The first-order valence-corrected chi connectivity index (χ1v) is 8.78. The second kappa shape index (κ2) is 6.48. The molecular weight excluding hydrogens is 380 g/mol. The van der Waals surface area contributed by atoms with Gasteiger partial charge in [0.25, 0.3) is 5.91 Å². The number of hydrogen-bond donors (Lipinski definition) is 2. The lowest BCUT2D eigenvalue weighted by Crippen LogP contribution is -2.17. The third-order valence-electron chi connectivity index (χ3n) is 4.06. The zero-order valence-corrected chi connectivity index (χ0v) is 15.9. The maximum absolute atomic E-state index is 12.7. The summed E-state index contributed by atoms with van der Waals surface area (Å²) in [5.74, 6) is -0.304. The number of halogens is 1. The van der Waals surface area contributed by atoms with Crippen molar-refractivity contribution < 1.29 is 4.79 Å². The molecule has 0 atom stereocenters. The monoisotopic (exact) mass is 398 g/mol. The second-order valence-corrected chi connectivity index (χ2v) is 7.93. The van der Waals surface area contributed by atoms with Gasteiger partial charge < -0.3 is 10.3 Å². The van der Waals surface area contributed by atoms with Crippen molar-refractivity contribution in [3.63, 3.8) is 0 Å². The molecule has 3 rings (SSSR count). The topological polar surface area (TPSA) is 62.0 Å². The Morgan fingerprint density at radius 1 is 1.04 bits per heavy atom. The van der Waals surface area contributed by atoms with Crippen LogP contribution in [0.2, 0.25) is 0 Å². The van der Waals surface area contributed by atoms with Gasteiger partial charge in [-0.1, -0.05) is 54.9 Å². The Morgan fingerprint density at radius 3 is 2.36 bits per heavy atom. The van der Waals surface area contributed by atoms with E-state index in [1.807, 2.05) is 36.4 Å². The molecule has 1 heterocycles. The molecule has 0 unspecified atom stereocenters. The van der Waals surface area contributed by atoms with Crippen molar-refractivity contribution in [3.8, 4) is 0 Å². The van der Waals surface area contributed by atoms with Crippen LogP contribution in [0.25, 0.3) is 10.9 Å². The molecule has 0 aliphatic carbocycles. The molecule has 0 bridgehead atoms. The summed E-state index contributed by atoms with van der Waals surface area (Å²) in [6.07, 6.45) is 0.